The number of carbonyl (C=O) groups excluding carboxylic acids is 2. The highest BCUT2D eigenvalue weighted by molar-refractivity contribution is 5.88. The van der Waals surface area contributed by atoms with Crippen LogP contribution in [0, 0.1) is 0 Å². The van der Waals surface area contributed by atoms with E-state index in [1.165, 1.54) is 0 Å². The van der Waals surface area contributed by atoms with Gasteiger partial charge in [-0.3, -0.25) is 4.79 Å². The molecule has 0 saturated carbocycles. The quantitative estimate of drug-likeness (QED) is 0.335. The van der Waals surface area contributed by atoms with Gasteiger partial charge in [-0.25, -0.2) is 4.79 Å². The van der Waals surface area contributed by atoms with Crippen LogP contribution in [0.4, 0.5) is 0 Å². The van der Waals surface area contributed by atoms with E-state index >= 15 is 0 Å². The lowest BCUT2D eigenvalue weighted by molar-refractivity contribution is -0.140. The van der Waals surface area contributed by atoms with Crippen LogP contribution in [-0.2, 0) is 19.1 Å². The van der Waals surface area contributed by atoms with E-state index in [4.69, 9.17) is 4.74 Å². The summed E-state index contributed by atoms with van der Waals surface area (Å²) in [6.07, 6.45) is 0.757. The van der Waals surface area contributed by atoms with E-state index in [1.54, 1.807) is 0 Å². The average Bonchev–Trinajstić information content (AvgIpc) is 2.10. The maximum absolute atomic E-state index is 10.9. The molecule has 0 aliphatic heterocycles. The lowest BCUT2D eigenvalue weighted by Gasteiger charge is -2.03. The van der Waals surface area contributed by atoms with Crippen LogP contribution in [-0.4, -0.2) is 25.7 Å². The molecule has 0 aliphatic rings. The second kappa shape index (κ2) is 6.39. The van der Waals surface area contributed by atoms with Gasteiger partial charge in [0.25, 0.3) is 6.47 Å². The molecule has 0 bridgehead atoms. The minimum Gasteiger partial charge on any atom is -0.463 e. The molecular formula is C8H12O4. The largest absolute Gasteiger partial charge is 0.463 e. The molecule has 0 saturated heterocycles. The van der Waals surface area contributed by atoms with Crippen LogP contribution in [0.5, 0.6) is 0 Å². The van der Waals surface area contributed by atoms with Crippen molar-refractivity contribution >= 4 is 12.4 Å². The van der Waals surface area contributed by atoms with Crippen LogP contribution in [0.1, 0.15) is 13.3 Å². The van der Waals surface area contributed by atoms with Gasteiger partial charge in [0, 0.05) is 0 Å². The molecule has 0 aliphatic carbocycles. The number of hydrogen-bond donors (Lipinski definition) is 0. The van der Waals surface area contributed by atoms with Crippen molar-refractivity contribution in [3.05, 3.63) is 12.2 Å². The molecule has 68 valence electrons. The van der Waals surface area contributed by atoms with E-state index in [1.807, 2.05) is 6.92 Å². The molecule has 12 heavy (non-hydrogen) atoms. The lowest BCUT2D eigenvalue weighted by atomic mass is 10.3. The van der Waals surface area contributed by atoms with E-state index in [9.17, 15) is 9.59 Å². The molecule has 0 rings (SSSR count). The van der Waals surface area contributed by atoms with Crippen LogP contribution in [0.15, 0.2) is 12.2 Å². The van der Waals surface area contributed by atoms with Gasteiger partial charge < -0.3 is 9.47 Å². The third-order valence-corrected chi connectivity index (χ3v) is 1.05. The molecule has 4 heteroatoms. The van der Waals surface area contributed by atoms with E-state index < -0.39 is 5.97 Å². The van der Waals surface area contributed by atoms with Gasteiger partial charge in [0.1, 0.15) is 6.61 Å². The maximum atomic E-state index is 10.9. The zero-order valence-corrected chi connectivity index (χ0v) is 7.04. The monoisotopic (exact) mass is 172 g/mol. The summed E-state index contributed by atoms with van der Waals surface area (Å²) in [5, 5.41) is 0. The highest BCUT2D eigenvalue weighted by Crippen LogP contribution is 1.95. The van der Waals surface area contributed by atoms with Gasteiger partial charge in [-0.1, -0.05) is 13.5 Å². The Morgan fingerprint density at radius 3 is 2.75 bits per heavy atom. The third-order valence-electron chi connectivity index (χ3n) is 1.05. The normalized spacial score (nSPS) is 8.75. The predicted molar refractivity (Wildman–Crippen MR) is 42.4 cm³/mol. The number of hydrogen-bond acceptors (Lipinski definition) is 4. The molecule has 0 aromatic heterocycles. The lowest BCUT2D eigenvalue weighted by Crippen LogP contribution is -2.11. The highest BCUT2D eigenvalue weighted by atomic mass is 16.5. The predicted octanol–water partition coefficient (Wildman–Crippen LogP) is 0.669. The molecule has 0 spiro atoms. The molecule has 0 fully saturated rings. The van der Waals surface area contributed by atoms with Crippen molar-refractivity contribution in [2.24, 2.45) is 0 Å². The molecular weight excluding hydrogens is 160 g/mol. The molecule has 0 unspecified atom stereocenters. The van der Waals surface area contributed by atoms with E-state index in [-0.39, 0.29) is 18.7 Å². The number of carbonyl (C=O) groups is 2. The van der Waals surface area contributed by atoms with Crippen molar-refractivity contribution in [3.8, 4) is 0 Å². The van der Waals surface area contributed by atoms with Crippen molar-refractivity contribution < 1.29 is 19.1 Å². The summed E-state index contributed by atoms with van der Waals surface area (Å²) in [5.74, 6) is -0.515. The summed E-state index contributed by atoms with van der Waals surface area (Å²) in [7, 11) is 0. The Kier molecular flexibility index (Phi) is 5.69. The summed E-state index contributed by atoms with van der Waals surface area (Å²) in [6.45, 7) is 5.79. The Morgan fingerprint density at radius 2 is 2.25 bits per heavy atom. The molecule has 0 amide bonds. The van der Waals surface area contributed by atoms with Gasteiger partial charge in [0.2, 0.25) is 0 Å². The third kappa shape index (κ3) is 4.49. The molecule has 0 heterocycles. The first kappa shape index (κ1) is 10.7. The second-order valence-electron chi connectivity index (χ2n) is 2.15. The Hall–Kier alpha value is -1.32. The maximum Gasteiger partial charge on any atom is 0.336 e. The molecule has 0 aromatic rings. The van der Waals surface area contributed by atoms with Crippen LogP contribution in [0.2, 0.25) is 0 Å². The average molecular weight is 172 g/mol. The molecule has 0 radical (unpaired) electrons. The summed E-state index contributed by atoms with van der Waals surface area (Å²) in [4.78, 5) is 20.6. The van der Waals surface area contributed by atoms with Crippen molar-refractivity contribution in [1.82, 2.24) is 0 Å². The van der Waals surface area contributed by atoms with E-state index in [2.05, 4.69) is 11.3 Å². The SMILES string of the molecule is C=C(COC=O)C(=O)OCCC. The fourth-order valence-corrected chi connectivity index (χ4v) is 0.490. The fraction of sp³-hybridized carbons (Fsp3) is 0.500. The van der Waals surface area contributed by atoms with Crippen molar-refractivity contribution in [1.29, 1.82) is 0 Å². The minimum absolute atomic E-state index is 0.105. The first-order valence-electron chi connectivity index (χ1n) is 3.62. The Labute approximate surface area is 71.2 Å². The van der Waals surface area contributed by atoms with Crippen molar-refractivity contribution in [2.45, 2.75) is 13.3 Å². The first-order chi connectivity index (χ1) is 5.72. The summed E-state index contributed by atoms with van der Waals surface area (Å²) < 4.78 is 9.03. The van der Waals surface area contributed by atoms with Gasteiger partial charge in [-0.2, -0.15) is 0 Å². The van der Waals surface area contributed by atoms with Crippen LogP contribution >= 0.6 is 0 Å². The van der Waals surface area contributed by atoms with Crippen LogP contribution in [0.25, 0.3) is 0 Å². The van der Waals surface area contributed by atoms with Gasteiger partial charge in [-0.05, 0) is 6.42 Å². The first-order valence-corrected chi connectivity index (χ1v) is 3.62. The zero-order valence-electron chi connectivity index (χ0n) is 7.04. The molecule has 0 N–H and O–H groups in total. The Balaban J connectivity index is 3.61. The summed E-state index contributed by atoms with van der Waals surface area (Å²) in [6, 6.07) is 0. The Morgan fingerprint density at radius 1 is 1.58 bits per heavy atom. The molecule has 0 atom stereocenters. The van der Waals surface area contributed by atoms with Crippen LogP contribution < -0.4 is 0 Å². The van der Waals surface area contributed by atoms with Gasteiger partial charge >= 0.3 is 5.97 Å². The van der Waals surface area contributed by atoms with Crippen LogP contribution in [0.3, 0.4) is 0 Å². The zero-order chi connectivity index (χ0) is 9.40. The molecule has 4 nitrogen and oxygen atoms in total. The topological polar surface area (TPSA) is 52.6 Å². The molecule has 0 aromatic carbocycles. The fourth-order valence-electron chi connectivity index (χ4n) is 0.490. The van der Waals surface area contributed by atoms with E-state index in [0.29, 0.717) is 6.61 Å². The smallest absolute Gasteiger partial charge is 0.336 e. The van der Waals surface area contributed by atoms with Gasteiger partial charge in [0.15, 0.2) is 0 Å². The standard InChI is InChI=1S/C8H12O4/c1-3-4-12-8(10)7(2)5-11-6-9/h6H,2-5H2,1H3. The summed E-state index contributed by atoms with van der Waals surface area (Å²) in [5.41, 5.74) is 0.149. The Bertz CT molecular complexity index is 174. The number of esters is 1. The van der Waals surface area contributed by atoms with Gasteiger partial charge in [-0.15, -0.1) is 0 Å². The summed E-state index contributed by atoms with van der Waals surface area (Å²) >= 11 is 0. The second-order valence-corrected chi connectivity index (χ2v) is 2.15. The minimum atomic E-state index is -0.515. The van der Waals surface area contributed by atoms with Crippen molar-refractivity contribution in [2.75, 3.05) is 13.2 Å². The van der Waals surface area contributed by atoms with Crippen molar-refractivity contribution in [3.63, 3.8) is 0 Å². The number of ether oxygens (including phenoxy) is 2. The van der Waals surface area contributed by atoms with E-state index in [0.717, 1.165) is 6.42 Å². The van der Waals surface area contributed by atoms with Gasteiger partial charge in [0.05, 0.1) is 12.2 Å². The highest BCUT2D eigenvalue weighted by Gasteiger charge is 2.07. The number of rotatable bonds is 6.